The summed E-state index contributed by atoms with van der Waals surface area (Å²) >= 11 is 7.55. The van der Waals surface area contributed by atoms with Gasteiger partial charge in [-0.1, -0.05) is 35.9 Å². The maximum Gasteiger partial charge on any atom is 0.237 e. The van der Waals surface area contributed by atoms with Crippen molar-refractivity contribution < 1.29 is 9.59 Å². The second-order valence-electron chi connectivity index (χ2n) is 5.60. The molecular weight excluding hydrogens is 344 g/mol. The SMILES string of the molecule is C[C@@H]1CC(=O)Nc2ccccc2N1C(=O)CSc1ccccc1Cl. The third kappa shape index (κ3) is 3.57. The summed E-state index contributed by atoms with van der Waals surface area (Å²) in [5, 5.41) is 3.50. The van der Waals surface area contributed by atoms with E-state index in [0.29, 0.717) is 10.7 Å². The molecule has 0 fully saturated rings. The molecular formula is C18H17ClN2O2S. The quantitative estimate of drug-likeness (QED) is 0.835. The third-order valence-electron chi connectivity index (χ3n) is 3.82. The fourth-order valence-electron chi connectivity index (χ4n) is 2.74. The number of hydrogen-bond acceptors (Lipinski definition) is 3. The molecule has 1 aliphatic heterocycles. The Hall–Kier alpha value is -1.98. The van der Waals surface area contributed by atoms with Crippen molar-refractivity contribution in [3.8, 4) is 0 Å². The standard InChI is InChI=1S/C18H17ClN2O2S/c1-12-10-17(22)20-14-7-3-4-8-15(14)21(12)18(23)11-24-16-9-5-2-6-13(16)19/h2-9,12H,10-11H2,1H3,(H,20,22)/t12-/m1/s1. The predicted molar refractivity (Wildman–Crippen MR) is 98.8 cm³/mol. The Balaban J connectivity index is 1.83. The Bertz CT molecular complexity index is 781. The fraction of sp³-hybridized carbons (Fsp3) is 0.222. The van der Waals surface area contributed by atoms with Crippen molar-refractivity contribution in [1.29, 1.82) is 0 Å². The zero-order chi connectivity index (χ0) is 17.1. The van der Waals surface area contributed by atoms with Crippen molar-refractivity contribution in [2.75, 3.05) is 16.0 Å². The van der Waals surface area contributed by atoms with Crippen LogP contribution in [0.25, 0.3) is 0 Å². The van der Waals surface area contributed by atoms with E-state index < -0.39 is 0 Å². The molecule has 1 atom stereocenters. The number of anilines is 2. The lowest BCUT2D eigenvalue weighted by atomic mass is 10.2. The lowest BCUT2D eigenvalue weighted by molar-refractivity contribution is -0.117. The van der Waals surface area contributed by atoms with Gasteiger partial charge in [0, 0.05) is 17.4 Å². The smallest absolute Gasteiger partial charge is 0.237 e. The Morgan fingerprint density at radius 2 is 1.96 bits per heavy atom. The van der Waals surface area contributed by atoms with E-state index in [1.54, 1.807) is 11.0 Å². The molecule has 124 valence electrons. The maximum atomic E-state index is 12.8. The van der Waals surface area contributed by atoms with Crippen LogP contribution in [-0.2, 0) is 9.59 Å². The van der Waals surface area contributed by atoms with Gasteiger partial charge in [-0.05, 0) is 31.2 Å². The second-order valence-corrected chi connectivity index (χ2v) is 7.03. The first kappa shape index (κ1) is 16.9. The summed E-state index contributed by atoms with van der Waals surface area (Å²) in [7, 11) is 0. The van der Waals surface area contributed by atoms with E-state index in [4.69, 9.17) is 11.6 Å². The third-order valence-corrected chi connectivity index (χ3v) is 5.32. The molecule has 3 rings (SSSR count). The minimum atomic E-state index is -0.201. The number of amides is 2. The topological polar surface area (TPSA) is 49.4 Å². The summed E-state index contributed by atoms with van der Waals surface area (Å²) < 4.78 is 0. The molecule has 2 aromatic carbocycles. The molecule has 0 aromatic heterocycles. The summed E-state index contributed by atoms with van der Waals surface area (Å²) in [4.78, 5) is 27.4. The normalized spacial score (nSPS) is 17.0. The number of para-hydroxylation sites is 2. The van der Waals surface area contributed by atoms with Gasteiger partial charge in [0.25, 0.3) is 0 Å². The highest BCUT2D eigenvalue weighted by atomic mass is 35.5. The number of thioether (sulfide) groups is 1. The van der Waals surface area contributed by atoms with E-state index in [0.717, 1.165) is 10.6 Å². The zero-order valence-corrected chi connectivity index (χ0v) is 14.7. The summed E-state index contributed by atoms with van der Waals surface area (Å²) in [5.41, 5.74) is 1.41. The van der Waals surface area contributed by atoms with E-state index in [1.807, 2.05) is 49.4 Å². The molecule has 0 bridgehead atoms. The molecule has 4 nitrogen and oxygen atoms in total. The summed E-state index contributed by atoms with van der Waals surface area (Å²) in [6.45, 7) is 1.89. The molecule has 1 heterocycles. The Morgan fingerprint density at radius 1 is 1.25 bits per heavy atom. The molecule has 6 heteroatoms. The first-order valence-electron chi connectivity index (χ1n) is 7.64. The molecule has 0 saturated heterocycles. The maximum absolute atomic E-state index is 12.8. The number of nitrogens with zero attached hydrogens (tertiary/aromatic N) is 1. The van der Waals surface area contributed by atoms with Gasteiger partial charge in [-0.2, -0.15) is 0 Å². The molecule has 0 radical (unpaired) electrons. The highest BCUT2D eigenvalue weighted by Gasteiger charge is 2.29. The van der Waals surface area contributed by atoms with Gasteiger partial charge in [0.1, 0.15) is 0 Å². The summed E-state index contributed by atoms with van der Waals surface area (Å²) in [6.07, 6.45) is 0.275. The highest BCUT2D eigenvalue weighted by molar-refractivity contribution is 8.00. The van der Waals surface area contributed by atoms with Crippen LogP contribution in [0.1, 0.15) is 13.3 Å². The fourth-order valence-corrected chi connectivity index (χ4v) is 3.84. The van der Waals surface area contributed by atoms with E-state index in [9.17, 15) is 9.59 Å². The van der Waals surface area contributed by atoms with Crippen molar-refractivity contribution in [1.82, 2.24) is 0 Å². The Morgan fingerprint density at radius 3 is 2.75 bits per heavy atom. The second kappa shape index (κ2) is 7.28. The minimum Gasteiger partial charge on any atom is -0.324 e. The monoisotopic (exact) mass is 360 g/mol. The molecule has 0 spiro atoms. The lowest BCUT2D eigenvalue weighted by Gasteiger charge is -2.27. The molecule has 0 aliphatic carbocycles. The van der Waals surface area contributed by atoms with Gasteiger partial charge in [-0.3, -0.25) is 9.59 Å². The van der Waals surface area contributed by atoms with Crippen LogP contribution in [0.2, 0.25) is 5.02 Å². The van der Waals surface area contributed by atoms with Gasteiger partial charge >= 0.3 is 0 Å². The first-order chi connectivity index (χ1) is 11.6. The van der Waals surface area contributed by atoms with Crippen LogP contribution in [-0.4, -0.2) is 23.6 Å². The van der Waals surface area contributed by atoms with Gasteiger partial charge in [0.2, 0.25) is 11.8 Å². The Labute approximate surface area is 150 Å². The van der Waals surface area contributed by atoms with E-state index in [-0.39, 0.29) is 30.0 Å². The number of halogens is 1. The van der Waals surface area contributed by atoms with Gasteiger partial charge in [0.05, 0.1) is 22.2 Å². The van der Waals surface area contributed by atoms with Crippen molar-refractivity contribution in [3.63, 3.8) is 0 Å². The highest BCUT2D eigenvalue weighted by Crippen LogP contribution is 2.33. The number of nitrogens with one attached hydrogen (secondary N) is 1. The molecule has 24 heavy (non-hydrogen) atoms. The van der Waals surface area contributed by atoms with Crippen LogP contribution in [0.3, 0.4) is 0 Å². The number of rotatable bonds is 3. The zero-order valence-electron chi connectivity index (χ0n) is 13.2. The average molecular weight is 361 g/mol. The average Bonchev–Trinajstić information content (AvgIpc) is 2.68. The largest absolute Gasteiger partial charge is 0.324 e. The minimum absolute atomic E-state index is 0.0450. The number of carbonyl (C=O) groups excluding carboxylic acids is 2. The van der Waals surface area contributed by atoms with Crippen molar-refractivity contribution >= 4 is 46.6 Å². The van der Waals surface area contributed by atoms with Gasteiger partial charge in [0.15, 0.2) is 0 Å². The van der Waals surface area contributed by atoms with Crippen molar-refractivity contribution in [3.05, 3.63) is 53.6 Å². The number of benzene rings is 2. The predicted octanol–water partition coefficient (Wildman–Crippen LogP) is 4.20. The van der Waals surface area contributed by atoms with Crippen LogP contribution >= 0.6 is 23.4 Å². The Kier molecular flexibility index (Phi) is 5.11. The number of carbonyl (C=O) groups is 2. The lowest BCUT2D eigenvalue weighted by Crippen LogP contribution is -2.40. The van der Waals surface area contributed by atoms with Gasteiger partial charge in [-0.25, -0.2) is 0 Å². The van der Waals surface area contributed by atoms with Crippen LogP contribution in [0.15, 0.2) is 53.4 Å². The molecule has 0 unspecified atom stereocenters. The van der Waals surface area contributed by atoms with Crippen LogP contribution in [0, 0.1) is 0 Å². The van der Waals surface area contributed by atoms with E-state index >= 15 is 0 Å². The van der Waals surface area contributed by atoms with Crippen LogP contribution in [0.4, 0.5) is 11.4 Å². The molecule has 2 amide bonds. The first-order valence-corrected chi connectivity index (χ1v) is 9.01. The van der Waals surface area contributed by atoms with Crippen molar-refractivity contribution in [2.45, 2.75) is 24.3 Å². The van der Waals surface area contributed by atoms with Crippen LogP contribution in [0.5, 0.6) is 0 Å². The van der Waals surface area contributed by atoms with E-state index in [2.05, 4.69) is 5.32 Å². The molecule has 1 aliphatic rings. The summed E-state index contributed by atoms with van der Waals surface area (Å²) in [5.74, 6) is 0.136. The van der Waals surface area contributed by atoms with E-state index in [1.165, 1.54) is 11.8 Å². The van der Waals surface area contributed by atoms with Crippen LogP contribution < -0.4 is 10.2 Å². The van der Waals surface area contributed by atoms with Gasteiger partial charge < -0.3 is 10.2 Å². The van der Waals surface area contributed by atoms with Crippen molar-refractivity contribution in [2.24, 2.45) is 0 Å². The molecule has 0 saturated carbocycles. The van der Waals surface area contributed by atoms with Gasteiger partial charge in [-0.15, -0.1) is 11.8 Å². The molecule has 1 N–H and O–H groups in total. The number of fused-ring (bicyclic) bond motifs is 1. The summed E-state index contributed by atoms with van der Waals surface area (Å²) in [6, 6.07) is 14.6. The number of hydrogen-bond donors (Lipinski definition) is 1. The molecule has 2 aromatic rings.